The third kappa shape index (κ3) is 4.10. The number of hydrogen-bond acceptors (Lipinski definition) is 3. The number of benzene rings is 1. The third-order valence-electron chi connectivity index (χ3n) is 3.48. The maximum atomic E-state index is 9.24. The van der Waals surface area contributed by atoms with Gasteiger partial charge in [-0.15, -0.1) is 0 Å². The lowest BCUT2D eigenvalue weighted by Crippen LogP contribution is -2.34. The summed E-state index contributed by atoms with van der Waals surface area (Å²) in [5.41, 5.74) is 2.38. The first-order valence-electron chi connectivity index (χ1n) is 7.01. The van der Waals surface area contributed by atoms with Crippen molar-refractivity contribution in [2.45, 2.75) is 45.3 Å². The molecular weight excluding hydrogens is 260 g/mol. The highest BCUT2D eigenvalue weighted by atomic mass is 35.5. The fourth-order valence-corrected chi connectivity index (χ4v) is 2.43. The maximum Gasteiger partial charge on any atom is 0.0606 e. The largest absolute Gasteiger partial charge is 0.395 e. The fraction of sp³-hybridized carbons (Fsp3) is 0.600. The van der Waals surface area contributed by atoms with Gasteiger partial charge in [0.1, 0.15) is 0 Å². The second-order valence-corrected chi connectivity index (χ2v) is 5.88. The molecule has 0 radical (unpaired) electrons. The van der Waals surface area contributed by atoms with Crippen LogP contribution in [0.3, 0.4) is 0 Å². The van der Waals surface area contributed by atoms with Crippen molar-refractivity contribution in [3.8, 4) is 0 Å². The summed E-state index contributed by atoms with van der Waals surface area (Å²) in [4.78, 5) is 2.20. The van der Waals surface area contributed by atoms with E-state index >= 15 is 0 Å². The van der Waals surface area contributed by atoms with Crippen molar-refractivity contribution >= 4 is 17.3 Å². The monoisotopic (exact) mass is 282 g/mol. The molecule has 1 aromatic carbocycles. The van der Waals surface area contributed by atoms with Crippen LogP contribution in [0.5, 0.6) is 0 Å². The number of anilines is 1. The van der Waals surface area contributed by atoms with Crippen LogP contribution in [-0.2, 0) is 6.54 Å². The van der Waals surface area contributed by atoms with Crippen LogP contribution < -0.4 is 10.2 Å². The SMILES string of the molecule is CC(C)N(CCO)c1cc(Cl)ccc1CNC1CC1. The lowest BCUT2D eigenvalue weighted by atomic mass is 10.1. The molecule has 0 aromatic heterocycles. The number of aliphatic hydroxyl groups excluding tert-OH is 1. The number of hydrogen-bond donors (Lipinski definition) is 2. The van der Waals surface area contributed by atoms with E-state index < -0.39 is 0 Å². The number of nitrogens with zero attached hydrogens (tertiary/aromatic N) is 1. The fourth-order valence-electron chi connectivity index (χ4n) is 2.26. The molecular formula is C15H23ClN2O. The Bertz CT molecular complexity index is 419. The molecule has 4 heteroatoms. The molecule has 0 aliphatic heterocycles. The van der Waals surface area contributed by atoms with E-state index in [9.17, 15) is 5.11 Å². The van der Waals surface area contributed by atoms with E-state index in [2.05, 4.69) is 30.1 Å². The lowest BCUT2D eigenvalue weighted by Gasteiger charge is -2.30. The van der Waals surface area contributed by atoms with E-state index in [4.69, 9.17) is 11.6 Å². The van der Waals surface area contributed by atoms with Crippen molar-refractivity contribution in [1.82, 2.24) is 5.32 Å². The van der Waals surface area contributed by atoms with Gasteiger partial charge in [-0.25, -0.2) is 0 Å². The summed E-state index contributed by atoms with van der Waals surface area (Å²) in [7, 11) is 0. The van der Waals surface area contributed by atoms with Gasteiger partial charge in [0.25, 0.3) is 0 Å². The summed E-state index contributed by atoms with van der Waals surface area (Å²) in [5, 5.41) is 13.5. The van der Waals surface area contributed by atoms with Crippen LogP contribution in [0.4, 0.5) is 5.69 Å². The molecule has 0 amide bonds. The van der Waals surface area contributed by atoms with Crippen molar-refractivity contribution in [3.05, 3.63) is 28.8 Å². The van der Waals surface area contributed by atoms with Gasteiger partial charge >= 0.3 is 0 Å². The molecule has 0 atom stereocenters. The molecule has 19 heavy (non-hydrogen) atoms. The molecule has 2 rings (SSSR count). The molecule has 1 aliphatic rings. The molecule has 0 spiro atoms. The number of halogens is 1. The van der Waals surface area contributed by atoms with E-state index in [1.54, 1.807) is 0 Å². The third-order valence-corrected chi connectivity index (χ3v) is 3.71. The van der Waals surface area contributed by atoms with Crippen molar-refractivity contribution in [3.63, 3.8) is 0 Å². The Kier molecular flexibility index (Phi) is 5.08. The highest BCUT2D eigenvalue weighted by molar-refractivity contribution is 6.30. The van der Waals surface area contributed by atoms with E-state index in [1.807, 2.05) is 12.1 Å². The van der Waals surface area contributed by atoms with Gasteiger partial charge < -0.3 is 15.3 Å². The van der Waals surface area contributed by atoms with Crippen LogP contribution in [0.1, 0.15) is 32.3 Å². The van der Waals surface area contributed by atoms with Crippen molar-refractivity contribution in [2.75, 3.05) is 18.1 Å². The van der Waals surface area contributed by atoms with Crippen LogP contribution in [0.2, 0.25) is 5.02 Å². The average Bonchev–Trinajstić information content (AvgIpc) is 3.18. The van der Waals surface area contributed by atoms with Crippen LogP contribution in [-0.4, -0.2) is 30.3 Å². The molecule has 0 saturated heterocycles. The zero-order chi connectivity index (χ0) is 13.8. The molecule has 1 aromatic rings. The first kappa shape index (κ1) is 14.6. The summed E-state index contributed by atoms with van der Waals surface area (Å²) >= 11 is 6.13. The first-order valence-corrected chi connectivity index (χ1v) is 7.39. The van der Waals surface area contributed by atoms with Gasteiger partial charge in [0, 0.05) is 35.9 Å². The molecule has 3 nitrogen and oxygen atoms in total. The van der Waals surface area contributed by atoms with Gasteiger partial charge in [0.15, 0.2) is 0 Å². The van der Waals surface area contributed by atoms with Gasteiger partial charge in [0.2, 0.25) is 0 Å². The van der Waals surface area contributed by atoms with Gasteiger partial charge in [-0.3, -0.25) is 0 Å². The van der Waals surface area contributed by atoms with Gasteiger partial charge in [-0.1, -0.05) is 17.7 Å². The summed E-state index contributed by atoms with van der Waals surface area (Å²) in [6.07, 6.45) is 2.57. The Morgan fingerprint density at radius 3 is 2.74 bits per heavy atom. The molecule has 2 N–H and O–H groups in total. The van der Waals surface area contributed by atoms with Crippen molar-refractivity contribution in [1.29, 1.82) is 0 Å². The predicted octanol–water partition coefficient (Wildman–Crippen LogP) is 2.80. The standard InChI is InChI=1S/C15H23ClN2O/c1-11(2)18(7-8-19)15-9-13(16)4-3-12(15)10-17-14-5-6-14/h3-4,9,11,14,17,19H,5-8,10H2,1-2H3. The van der Waals surface area contributed by atoms with Gasteiger partial charge in [0.05, 0.1) is 6.61 Å². The maximum absolute atomic E-state index is 9.24. The molecule has 0 unspecified atom stereocenters. The highest BCUT2D eigenvalue weighted by Gasteiger charge is 2.21. The van der Waals surface area contributed by atoms with Crippen molar-refractivity contribution in [2.24, 2.45) is 0 Å². The van der Waals surface area contributed by atoms with Crippen molar-refractivity contribution < 1.29 is 5.11 Å². The molecule has 1 fully saturated rings. The topological polar surface area (TPSA) is 35.5 Å². The van der Waals surface area contributed by atoms with E-state index in [0.717, 1.165) is 17.3 Å². The number of nitrogens with one attached hydrogen (secondary N) is 1. The Labute approximate surface area is 120 Å². The number of aliphatic hydroxyl groups is 1. The minimum atomic E-state index is 0.153. The second kappa shape index (κ2) is 6.60. The summed E-state index contributed by atoms with van der Waals surface area (Å²) in [6, 6.07) is 7.05. The zero-order valence-electron chi connectivity index (χ0n) is 11.7. The minimum Gasteiger partial charge on any atom is -0.395 e. The molecule has 1 aliphatic carbocycles. The van der Waals surface area contributed by atoms with Crippen LogP contribution in [0.15, 0.2) is 18.2 Å². The van der Waals surface area contributed by atoms with Gasteiger partial charge in [-0.05, 0) is 44.4 Å². The molecule has 106 valence electrons. The summed E-state index contributed by atoms with van der Waals surface area (Å²) in [5.74, 6) is 0. The normalized spacial score (nSPS) is 15.0. The zero-order valence-corrected chi connectivity index (χ0v) is 12.5. The van der Waals surface area contributed by atoms with Crippen LogP contribution in [0.25, 0.3) is 0 Å². The molecule has 0 heterocycles. The van der Waals surface area contributed by atoms with E-state index in [1.165, 1.54) is 18.4 Å². The van der Waals surface area contributed by atoms with Gasteiger partial charge in [-0.2, -0.15) is 0 Å². The Hall–Kier alpha value is -0.770. The summed E-state index contributed by atoms with van der Waals surface area (Å²) in [6.45, 7) is 5.92. The molecule has 0 bridgehead atoms. The molecule has 1 saturated carbocycles. The predicted molar refractivity (Wildman–Crippen MR) is 80.9 cm³/mol. The second-order valence-electron chi connectivity index (χ2n) is 5.44. The highest BCUT2D eigenvalue weighted by Crippen LogP contribution is 2.28. The van der Waals surface area contributed by atoms with E-state index in [-0.39, 0.29) is 6.61 Å². The summed E-state index contributed by atoms with van der Waals surface area (Å²) < 4.78 is 0. The Morgan fingerprint density at radius 1 is 1.42 bits per heavy atom. The first-order chi connectivity index (χ1) is 9.11. The smallest absolute Gasteiger partial charge is 0.0606 e. The average molecular weight is 283 g/mol. The minimum absolute atomic E-state index is 0.153. The number of rotatable bonds is 7. The van der Waals surface area contributed by atoms with Crippen LogP contribution >= 0.6 is 11.6 Å². The Balaban J connectivity index is 2.20. The van der Waals surface area contributed by atoms with E-state index in [0.29, 0.717) is 18.6 Å². The quantitative estimate of drug-likeness (QED) is 0.807. The Morgan fingerprint density at radius 2 is 2.16 bits per heavy atom. The van der Waals surface area contributed by atoms with Crippen LogP contribution in [0, 0.1) is 0 Å². The lowest BCUT2D eigenvalue weighted by molar-refractivity contribution is 0.299.